The van der Waals surface area contributed by atoms with Crippen LogP contribution in [-0.4, -0.2) is 88.9 Å². The fourth-order valence-electron chi connectivity index (χ4n) is 3.73. The Morgan fingerprint density at radius 2 is 2.05 bits per heavy atom. The van der Waals surface area contributed by atoms with E-state index in [0.29, 0.717) is 18.7 Å². The number of amides is 1. The van der Waals surface area contributed by atoms with Gasteiger partial charge in [-0.15, -0.1) is 5.10 Å². The van der Waals surface area contributed by atoms with Gasteiger partial charge >= 0.3 is 19.1 Å². The lowest BCUT2D eigenvalue weighted by Gasteiger charge is -2.29. The summed E-state index contributed by atoms with van der Waals surface area (Å²) in [6.07, 6.45) is 1.89. The highest BCUT2D eigenvalue weighted by molar-refractivity contribution is 6.47. The zero-order valence-corrected chi connectivity index (χ0v) is 21.6. The van der Waals surface area contributed by atoms with E-state index in [0.717, 1.165) is 5.69 Å². The Balaban J connectivity index is 1.57. The van der Waals surface area contributed by atoms with E-state index in [4.69, 9.17) is 18.9 Å². The molecule has 0 fully saturated rings. The van der Waals surface area contributed by atoms with Gasteiger partial charge in [-0.2, -0.15) is 0 Å². The van der Waals surface area contributed by atoms with Crippen molar-refractivity contribution in [3.63, 3.8) is 0 Å². The van der Waals surface area contributed by atoms with Gasteiger partial charge in [-0.25, -0.2) is 14.3 Å². The molecule has 0 unspecified atom stereocenters. The highest BCUT2D eigenvalue weighted by atomic mass is 16.7. The maximum atomic E-state index is 12.6. The molecule has 2 aromatic rings. The number of para-hydroxylation sites is 1. The minimum absolute atomic E-state index is 0.0532. The van der Waals surface area contributed by atoms with Crippen molar-refractivity contribution < 1.29 is 38.3 Å². The molecule has 200 valence electrons. The molecule has 0 saturated carbocycles. The van der Waals surface area contributed by atoms with Crippen LogP contribution in [0.15, 0.2) is 24.4 Å². The molecule has 0 saturated heterocycles. The third-order valence-corrected chi connectivity index (χ3v) is 5.43. The number of carbonyl (C=O) groups is 3. The summed E-state index contributed by atoms with van der Waals surface area (Å²) < 4.78 is 22.4. The van der Waals surface area contributed by atoms with Crippen LogP contribution in [0.5, 0.6) is 5.75 Å². The number of ether oxygens (including phenoxy) is 3. The monoisotopic (exact) mass is 517 g/mol. The number of esters is 2. The Hall–Kier alpha value is -3.49. The molecule has 1 atom stereocenters. The fourth-order valence-corrected chi connectivity index (χ4v) is 3.73. The number of aromatic nitrogens is 3. The van der Waals surface area contributed by atoms with E-state index in [2.05, 4.69) is 15.6 Å². The number of hydrogen-bond donors (Lipinski definition) is 2. The number of benzene rings is 1. The zero-order valence-electron chi connectivity index (χ0n) is 21.6. The average molecular weight is 517 g/mol. The van der Waals surface area contributed by atoms with Crippen LogP contribution in [-0.2, 0) is 43.3 Å². The predicted molar refractivity (Wildman–Crippen MR) is 130 cm³/mol. The van der Waals surface area contributed by atoms with Crippen LogP contribution in [0.25, 0.3) is 0 Å². The Morgan fingerprint density at radius 3 is 2.76 bits per heavy atom. The fraction of sp³-hybridized carbons (Fsp3) is 0.522. The number of nitrogens with one attached hydrogen (secondary N) is 1. The molecule has 1 aromatic carbocycles. The van der Waals surface area contributed by atoms with Crippen LogP contribution in [0.2, 0.25) is 0 Å². The first-order valence-corrected chi connectivity index (χ1v) is 11.8. The summed E-state index contributed by atoms with van der Waals surface area (Å²) in [5.41, 5.74) is 0.188. The molecule has 0 aliphatic carbocycles. The van der Waals surface area contributed by atoms with Gasteiger partial charge in [0.1, 0.15) is 17.9 Å². The quantitative estimate of drug-likeness (QED) is 0.234. The molecular formula is C23H32BN5O8. The largest absolute Gasteiger partial charge is 0.547 e. The van der Waals surface area contributed by atoms with Gasteiger partial charge in [0.2, 0.25) is 12.7 Å². The lowest BCUT2D eigenvalue weighted by molar-refractivity contribution is -0.175. The lowest BCUT2D eigenvalue weighted by Crippen LogP contribution is -2.53. The molecule has 2 N–H and O–H groups in total. The van der Waals surface area contributed by atoms with Gasteiger partial charge in [-0.1, -0.05) is 17.3 Å². The van der Waals surface area contributed by atoms with Crippen molar-refractivity contribution in [2.75, 3.05) is 27.5 Å². The van der Waals surface area contributed by atoms with Crippen molar-refractivity contribution in [2.24, 2.45) is 0 Å². The highest BCUT2D eigenvalue weighted by Crippen LogP contribution is 2.30. The van der Waals surface area contributed by atoms with Crippen LogP contribution in [0, 0.1) is 0 Å². The smallest absolute Gasteiger partial charge is 0.534 e. The molecule has 0 spiro atoms. The number of rotatable bonds is 11. The number of carbonyl (C=O) groups excluding carboxylic acids is 3. The van der Waals surface area contributed by atoms with Crippen LogP contribution in [0.4, 0.5) is 0 Å². The van der Waals surface area contributed by atoms with Crippen LogP contribution < -0.4 is 9.97 Å². The summed E-state index contributed by atoms with van der Waals surface area (Å²) in [5.74, 6) is -2.48. The lowest BCUT2D eigenvalue weighted by atomic mass is 9.72. The van der Waals surface area contributed by atoms with Crippen molar-refractivity contribution in [1.82, 2.24) is 25.2 Å². The summed E-state index contributed by atoms with van der Waals surface area (Å²) in [6, 6.07) is 4.81. The number of hydrogen-bond acceptors (Lipinski definition) is 11. The molecule has 1 amide bonds. The second kappa shape index (κ2) is 12.2. The first kappa shape index (κ1) is 28.1. The van der Waals surface area contributed by atoms with Crippen LogP contribution in [0.3, 0.4) is 0 Å². The highest BCUT2D eigenvalue weighted by Gasteiger charge is 2.38. The first-order valence-electron chi connectivity index (χ1n) is 11.8. The third kappa shape index (κ3) is 7.51. The standard InChI is InChI=1S/C23H32BN5O8/c1-6-36-23(2,3)22(32)35-14-34-21(31)17-9-7-8-15-10-18(24(33)37-20(15)17)25-19(30)13-29-12-16(26-27-29)11-28(4)5/h7-9,12,18,33H,6,10-11,13-14H2,1-5H3,(H,25,30)/t18-/m0/s1. The van der Waals surface area contributed by atoms with Crippen LogP contribution >= 0.6 is 0 Å². The van der Waals surface area contributed by atoms with Gasteiger partial charge in [0.05, 0.1) is 17.8 Å². The number of fused-ring (bicyclic) bond motifs is 1. The predicted octanol–water partition coefficient (Wildman–Crippen LogP) is -0.0481. The van der Waals surface area contributed by atoms with Crippen molar-refractivity contribution in [1.29, 1.82) is 0 Å². The molecule has 1 aromatic heterocycles. The van der Waals surface area contributed by atoms with Crippen LogP contribution in [0.1, 0.15) is 42.4 Å². The molecule has 0 bridgehead atoms. The third-order valence-electron chi connectivity index (χ3n) is 5.43. The molecule has 13 nitrogen and oxygen atoms in total. The van der Waals surface area contributed by atoms with E-state index in [9.17, 15) is 19.4 Å². The summed E-state index contributed by atoms with van der Waals surface area (Å²) >= 11 is 0. The molecular weight excluding hydrogens is 485 g/mol. The van der Waals surface area contributed by atoms with Gasteiger partial charge in [0.15, 0.2) is 5.60 Å². The van der Waals surface area contributed by atoms with E-state index in [1.54, 1.807) is 39.1 Å². The molecule has 1 aliphatic heterocycles. The Labute approximate surface area is 215 Å². The topological polar surface area (TPSA) is 154 Å². The Morgan fingerprint density at radius 1 is 1.30 bits per heavy atom. The minimum Gasteiger partial charge on any atom is -0.534 e. The van der Waals surface area contributed by atoms with Crippen molar-refractivity contribution in [3.8, 4) is 5.75 Å². The molecule has 3 rings (SSSR count). The van der Waals surface area contributed by atoms with Crippen molar-refractivity contribution in [2.45, 2.75) is 51.8 Å². The molecule has 0 radical (unpaired) electrons. The van der Waals surface area contributed by atoms with Gasteiger partial charge in [0.25, 0.3) is 0 Å². The average Bonchev–Trinajstić information content (AvgIpc) is 3.24. The summed E-state index contributed by atoms with van der Waals surface area (Å²) in [6.45, 7) is 5.06. The molecule has 1 aliphatic rings. The summed E-state index contributed by atoms with van der Waals surface area (Å²) in [7, 11) is 2.40. The Kier molecular flexibility index (Phi) is 9.24. The maximum absolute atomic E-state index is 12.6. The normalized spacial score (nSPS) is 15.1. The van der Waals surface area contributed by atoms with Gasteiger partial charge in [0, 0.05) is 13.2 Å². The summed E-state index contributed by atoms with van der Waals surface area (Å²) in [5, 5.41) is 21.2. The first-order chi connectivity index (χ1) is 17.5. The van der Waals surface area contributed by atoms with E-state index >= 15 is 0 Å². The van der Waals surface area contributed by atoms with Gasteiger partial charge < -0.3 is 34.1 Å². The van der Waals surface area contributed by atoms with Crippen molar-refractivity contribution in [3.05, 3.63) is 41.2 Å². The van der Waals surface area contributed by atoms with E-state index in [1.165, 1.54) is 10.7 Å². The maximum Gasteiger partial charge on any atom is 0.547 e. The Bertz CT molecular complexity index is 1120. The van der Waals surface area contributed by atoms with Crippen molar-refractivity contribution >= 4 is 25.0 Å². The summed E-state index contributed by atoms with van der Waals surface area (Å²) in [4.78, 5) is 39.2. The number of nitrogens with zero attached hydrogens (tertiary/aromatic N) is 4. The van der Waals surface area contributed by atoms with Gasteiger partial charge in [-0.05, 0) is 52.9 Å². The SMILES string of the molecule is CCOC(C)(C)C(=O)OCOC(=O)c1cccc2c1OB(O)[C@@H](NC(=O)Cn1cc(CN(C)C)nn1)C2. The zero-order chi connectivity index (χ0) is 27.2. The second-order valence-electron chi connectivity index (χ2n) is 9.25. The molecule has 2 heterocycles. The van der Waals surface area contributed by atoms with E-state index in [-0.39, 0.29) is 30.2 Å². The van der Waals surface area contributed by atoms with Gasteiger partial charge in [-0.3, -0.25) is 4.79 Å². The minimum atomic E-state index is -1.41. The second-order valence-corrected chi connectivity index (χ2v) is 9.25. The molecule has 37 heavy (non-hydrogen) atoms. The van der Waals surface area contributed by atoms with E-state index in [1.807, 2.05) is 19.0 Å². The molecule has 14 heteroatoms. The van der Waals surface area contributed by atoms with E-state index < -0.39 is 37.4 Å².